The highest BCUT2D eigenvalue weighted by atomic mass is 15.1. The van der Waals surface area contributed by atoms with Gasteiger partial charge in [0, 0.05) is 60.8 Å². The third kappa shape index (κ3) is 6.92. The zero-order chi connectivity index (χ0) is 23.6. The van der Waals surface area contributed by atoms with Crippen LogP contribution in [0.2, 0.25) is 0 Å². The number of aromatic nitrogens is 2. The molecule has 0 bridgehead atoms. The number of hydrogen-bond donors (Lipinski definition) is 0. The standard InChI is InChI=1S/C30H38N4/c1-33-17-11-15-29(33)27-19-25(21-31-23-27)13-9-7-5-3-4-6-8-10-14-26-20-28(24-32-22-26)30-16-12-18-34(30)2/h19-24,29-30H,3-8,11-12,15-18H2,1-2H3/t29-,30-/m1/s1. The average Bonchev–Trinajstić information content (AvgIpc) is 3.48. The van der Waals surface area contributed by atoms with E-state index in [1.54, 1.807) is 0 Å². The molecule has 2 aromatic heterocycles. The maximum absolute atomic E-state index is 4.42. The fourth-order valence-corrected chi connectivity index (χ4v) is 5.19. The van der Waals surface area contributed by atoms with Gasteiger partial charge in [-0.1, -0.05) is 36.5 Å². The lowest BCUT2D eigenvalue weighted by atomic mass is 10.0. The van der Waals surface area contributed by atoms with E-state index in [0.29, 0.717) is 12.1 Å². The Kier molecular flexibility index (Phi) is 9.14. The maximum Gasteiger partial charge on any atom is 0.0432 e. The van der Waals surface area contributed by atoms with Crippen molar-refractivity contribution in [2.45, 2.75) is 76.3 Å². The first-order chi connectivity index (χ1) is 16.7. The van der Waals surface area contributed by atoms with Crippen LogP contribution in [-0.4, -0.2) is 47.0 Å². The molecule has 2 aromatic rings. The third-order valence-corrected chi connectivity index (χ3v) is 7.15. The number of nitrogens with zero attached hydrogens (tertiary/aromatic N) is 4. The predicted octanol–water partition coefficient (Wildman–Crippen LogP) is 5.75. The maximum atomic E-state index is 4.42. The Balaban J connectivity index is 1.13. The molecule has 0 radical (unpaired) electrons. The van der Waals surface area contributed by atoms with Crippen LogP contribution in [0, 0.1) is 23.7 Å². The van der Waals surface area contributed by atoms with E-state index in [-0.39, 0.29) is 0 Å². The monoisotopic (exact) mass is 454 g/mol. The van der Waals surface area contributed by atoms with Crippen molar-refractivity contribution in [3.05, 3.63) is 59.2 Å². The van der Waals surface area contributed by atoms with Crippen LogP contribution in [0.5, 0.6) is 0 Å². The van der Waals surface area contributed by atoms with Crippen molar-refractivity contribution >= 4 is 0 Å². The summed E-state index contributed by atoms with van der Waals surface area (Å²) < 4.78 is 0. The van der Waals surface area contributed by atoms with Crippen LogP contribution in [0.25, 0.3) is 0 Å². The van der Waals surface area contributed by atoms with Gasteiger partial charge in [0.2, 0.25) is 0 Å². The first-order valence-electron chi connectivity index (χ1n) is 13.0. The first-order valence-corrected chi connectivity index (χ1v) is 13.0. The van der Waals surface area contributed by atoms with Gasteiger partial charge in [-0.3, -0.25) is 19.8 Å². The highest BCUT2D eigenvalue weighted by Gasteiger charge is 2.23. The predicted molar refractivity (Wildman–Crippen MR) is 139 cm³/mol. The molecule has 2 fully saturated rings. The number of likely N-dealkylation sites (tertiary alicyclic amines) is 2. The Morgan fingerprint density at radius 3 is 1.59 bits per heavy atom. The minimum Gasteiger partial charge on any atom is -0.299 e. The normalized spacial score (nSPS) is 20.5. The van der Waals surface area contributed by atoms with E-state index in [9.17, 15) is 0 Å². The van der Waals surface area contributed by atoms with Gasteiger partial charge in [0.15, 0.2) is 0 Å². The lowest BCUT2D eigenvalue weighted by Gasteiger charge is -2.19. The van der Waals surface area contributed by atoms with Gasteiger partial charge >= 0.3 is 0 Å². The molecule has 0 aromatic carbocycles. The summed E-state index contributed by atoms with van der Waals surface area (Å²) in [6, 6.07) is 5.46. The fourth-order valence-electron chi connectivity index (χ4n) is 5.19. The molecule has 0 N–H and O–H groups in total. The molecule has 4 nitrogen and oxygen atoms in total. The molecule has 0 saturated carbocycles. The van der Waals surface area contributed by atoms with E-state index in [2.05, 4.69) is 69.7 Å². The second-order valence-electron chi connectivity index (χ2n) is 9.81. The molecule has 0 unspecified atom stereocenters. The van der Waals surface area contributed by atoms with Gasteiger partial charge in [-0.25, -0.2) is 0 Å². The Hall–Kier alpha value is -2.66. The molecule has 2 saturated heterocycles. The summed E-state index contributed by atoms with van der Waals surface area (Å²) in [5, 5.41) is 0. The van der Waals surface area contributed by atoms with Crippen molar-refractivity contribution in [1.82, 2.24) is 19.8 Å². The van der Waals surface area contributed by atoms with Crippen molar-refractivity contribution in [1.29, 1.82) is 0 Å². The van der Waals surface area contributed by atoms with Gasteiger partial charge in [-0.2, -0.15) is 0 Å². The molecule has 0 amide bonds. The minimum atomic E-state index is 0.506. The molecule has 0 spiro atoms. The summed E-state index contributed by atoms with van der Waals surface area (Å²) in [5.74, 6) is 13.3. The Morgan fingerprint density at radius 1 is 0.706 bits per heavy atom. The van der Waals surface area contributed by atoms with E-state index in [1.807, 2.05) is 24.8 Å². The SMILES string of the molecule is CN1CCC[C@@H]1c1cncc(C#CCCCCCCC#Cc2cncc([C@H]3CCCN3C)c2)c1. The summed E-state index contributed by atoms with van der Waals surface area (Å²) in [4.78, 5) is 13.7. The zero-order valence-corrected chi connectivity index (χ0v) is 20.9. The van der Waals surface area contributed by atoms with Crippen LogP contribution in [0.3, 0.4) is 0 Å². The van der Waals surface area contributed by atoms with Crippen molar-refractivity contribution in [2.24, 2.45) is 0 Å². The van der Waals surface area contributed by atoms with Gasteiger partial charge < -0.3 is 0 Å². The fraction of sp³-hybridized carbons (Fsp3) is 0.533. The van der Waals surface area contributed by atoms with E-state index < -0.39 is 0 Å². The van der Waals surface area contributed by atoms with Gasteiger partial charge in [0.25, 0.3) is 0 Å². The van der Waals surface area contributed by atoms with Crippen LogP contribution in [0.4, 0.5) is 0 Å². The Bertz CT molecular complexity index is 969. The Morgan fingerprint density at radius 2 is 1.18 bits per heavy atom. The smallest absolute Gasteiger partial charge is 0.0432 e. The molecule has 4 rings (SSSR count). The third-order valence-electron chi connectivity index (χ3n) is 7.15. The van der Waals surface area contributed by atoms with Gasteiger partial charge in [-0.05, 0) is 89.0 Å². The number of unbranched alkanes of at least 4 members (excludes halogenated alkanes) is 5. The highest BCUT2D eigenvalue weighted by Crippen LogP contribution is 2.30. The minimum absolute atomic E-state index is 0.506. The average molecular weight is 455 g/mol. The summed E-state index contributed by atoms with van der Waals surface area (Å²) in [6.45, 7) is 2.35. The van der Waals surface area contributed by atoms with Crippen molar-refractivity contribution in [3.8, 4) is 23.7 Å². The van der Waals surface area contributed by atoms with E-state index in [1.165, 1.54) is 62.7 Å². The highest BCUT2D eigenvalue weighted by molar-refractivity contribution is 5.36. The van der Waals surface area contributed by atoms with Crippen LogP contribution >= 0.6 is 0 Å². The van der Waals surface area contributed by atoms with Crippen LogP contribution in [-0.2, 0) is 0 Å². The molecule has 178 valence electrons. The molecular formula is C30H38N4. The van der Waals surface area contributed by atoms with Crippen LogP contribution < -0.4 is 0 Å². The van der Waals surface area contributed by atoms with Crippen molar-refractivity contribution in [3.63, 3.8) is 0 Å². The molecule has 34 heavy (non-hydrogen) atoms. The zero-order valence-electron chi connectivity index (χ0n) is 20.9. The molecule has 2 aliphatic rings. The Labute approximate surface area is 206 Å². The van der Waals surface area contributed by atoms with Gasteiger partial charge in [0.1, 0.15) is 0 Å². The lowest BCUT2D eigenvalue weighted by molar-refractivity contribution is 0.317. The van der Waals surface area contributed by atoms with Crippen LogP contribution in [0.1, 0.15) is 98.5 Å². The lowest BCUT2D eigenvalue weighted by Crippen LogP contribution is -2.17. The summed E-state index contributed by atoms with van der Waals surface area (Å²) in [7, 11) is 4.40. The van der Waals surface area contributed by atoms with Crippen molar-refractivity contribution < 1.29 is 0 Å². The number of hydrogen-bond acceptors (Lipinski definition) is 4. The number of rotatable bonds is 7. The van der Waals surface area contributed by atoms with Crippen LogP contribution in [0.15, 0.2) is 36.9 Å². The molecule has 4 heterocycles. The molecule has 2 atom stereocenters. The quantitative estimate of drug-likeness (QED) is 0.394. The second kappa shape index (κ2) is 12.7. The molecule has 0 aliphatic carbocycles. The second-order valence-corrected chi connectivity index (χ2v) is 9.81. The summed E-state index contributed by atoms with van der Waals surface area (Å²) in [5.41, 5.74) is 4.71. The van der Waals surface area contributed by atoms with Gasteiger partial charge in [-0.15, -0.1) is 0 Å². The topological polar surface area (TPSA) is 32.3 Å². The van der Waals surface area contributed by atoms with E-state index in [4.69, 9.17) is 0 Å². The van der Waals surface area contributed by atoms with Gasteiger partial charge in [0.05, 0.1) is 0 Å². The molecule has 2 aliphatic heterocycles. The first kappa shape index (κ1) is 24.5. The largest absolute Gasteiger partial charge is 0.299 e. The van der Waals surface area contributed by atoms with E-state index >= 15 is 0 Å². The molecular weight excluding hydrogens is 416 g/mol. The summed E-state index contributed by atoms with van der Waals surface area (Å²) >= 11 is 0. The number of pyridine rings is 2. The van der Waals surface area contributed by atoms with Crippen molar-refractivity contribution in [2.75, 3.05) is 27.2 Å². The van der Waals surface area contributed by atoms with E-state index in [0.717, 1.165) is 36.8 Å². The molecule has 4 heteroatoms. The summed E-state index contributed by atoms with van der Waals surface area (Å²) in [6.07, 6.45) is 19.4.